The van der Waals surface area contributed by atoms with E-state index in [4.69, 9.17) is 0 Å². The Labute approximate surface area is 182 Å². The minimum absolute atomic E-state index is 0.0436. The number of amides is 1. The highest BCUT2D eigenvalue weighted by Gasteiger charge is 2.51. The molecule has 8 heteroatoms. The fraction of sp³-hybridized carbons (Fsp3) is 0.391. The van der Waals surface area contributed by atoms with Crippen molar-refractivity contribution in [3.8, 4) is 0 Å². The molecule has 1 heterocycles. The number of likely N-dealkylation sites (tertiary alicyclic amines) is 1. The van der Waals surface area contributed by atoms with Crippen LogP contribution in [0, 0.1) is 5.82 Å². The van der Waals surface area contributed by atoms with Crippen molar-refractivity contribution in [2.45, 2.75) is 48.8 Å². The molecule has 1 aliphatic carbocycles. The summed E-state index contributed by atoms with van der Waals surface area (Å²) < 4.78 is 43.1. The Morgan fingerprint density at radius 1 is 1.10 bits per heavy atom. The minimum atomic E-state index is -3.89. The Morgan fingerprint density at radius 2 is 1.84 bits per heavy atom. The van der Waals surface area contributed by atoms with E-state index in [0.29, 0.717) is 30.8 Å². The van der Waals surface area contributed by atoms with Gasteiger partial charge in [0.15, 0.2) is 0 Å². The molecule has 0 atom stereocenters. The van der Waals surface area contributed by atoms with Crippen molar-refractivity contribution in [2.24, 2.45) is 4.40 Å². The Bertz CT molecular complexity index is 1110. The molecular formula is C23H26FN3O3S. The van der Waals surface area contributed by atoms with E-state index in [1.807, 2.05) is 11.9 Å². The molecule has 0 bridgehead atoms. The van der Waals surface area contributed by atoms with Crippen molar-refractivity contribution >= 4 is 27.5 Å². The summed E-state index contributed by atoms with van der Waals surface area (Å²) in [4.78, 5) is 14.9. The highest BCUT2D eigenvalue weighted by Crippen LogP contribution is 2.49. The molecule has 0 spiro atoms. The fourth-order valence-corrected chi connectivity index (χ4v) is 5.10. The van der Waals surface area contributed by atoms with Gasteiger partial charge in [-0.1, -0.05) is 24.6 Å². The molecule has 2 aliphatic rings. The van der Waals surface area contributed by atoms with Gasteiger partial charge in [0, 0.05) is 25.7 Å². The monoisotopic (exact) mass is 443 g/mol. The molecule has 1 N–H and O–H groups in total. The average molecular weight is 444 g/mol. The average Bonchev–Trinajstić information content (AvgIpc) is 3.56. The molecule has 1 saturated carbocycles. The zero-order chi connectivity index (χ0) is 22.1. The summed E-state index contributed by atoms with van der Waals surface area (Å²) in [6, 6.07) is 12.1. The number of sulfonamides is 1. The van der Waals surface area contributed by atoms with Crippen molar-refractivity contribution < 1.29 is 17.6 Å². The molecule has 1 aliphatic heterocycles. The highest BCUT2D eigenvalue weighted by atomic mass is 32.2. The molecule has 1 amide bonds. The Kier molecular flexibility index (Phi) is 5.83. The number of benzene rings is 2. The first-order valence-corrected chi connectivity index (χ1v) is 12.0. The third kappa shape index (κ3) is 4.63. The van der Waals surface area contributed by atoms with Gasteiger partial charge in [0.25, 0.3) is 10.0 Å². The number of halogens is 1. The topological polar surface area (TPSA) is 78.8 Å². The molecule has 0 aromatic heterocycles. The second-order valence-corrected chi connectivity index (χ2v) is 9.89. The zero-order valence-electron chi connectivity index (χ0n) is 17.5. The van der Waals surface area contributed by atoms with Crippen LogP contribution >= 0.6 is 0 Å². The number of nitrogens with one attached hydrogen (secondary N) is 1. The minimum Gasteiger partial charge on any atom is -0.362 e. The number of hydrogen-bond acceptors (Lipinski definition) is 3. The lowest BCUT2D eigenvalue weighted by Crippen LogP contribution is -2.28. The van der Waals surface area contributed by atoms with Crippen LogP contribution in [0.25, 0.3) is 0 Å². The molecule has 2 aromatic carbocycles. The van der Waals surface area contributed by atoms with Crippen LogP contribution in [0.15, 0.2) is 57.8 Å². The summed E-state index contributed by atoms with van der Waals surface area (Å²) in [6.07, 6.45) is 4.96. The fourth-order valence-electron chi connectivity index (χ4n) is 3.96. The second-order valence-electron chi connectivity index (χ2n) is 8.29. The maximum atomic E-state index is 13.2. The van der Waals surface area contributed by atoms with Crippen LogP contribution in [0.5, 0.6) is 0 Å². The third-order valence-electron chi connectivity index (χ3n) is 6.03. The number of rotatable bonds is 5. The second kappa shape index (κ2) is 8.42. The SMILES string of the molecule is CN1CCCCC/C1=N\S(=O)(=O)c1cccc(NC(=O)C2(c3ccc(F)cc3)CC2)c1. The summed E-state index contributed by atoms with van der Waals surface area (Å²) in [5.74, 6) is 0.00227. The zero-order valence-corrected chi connectivity index (χ0v) is 18.3. The van der Waals surface area contributed by atoms with Gasteiger partial charge in [-0.15, -0.1) is 4.40 Å². The van der Waals surface area contributed by atoms with Gasteiger partial charge in [0.2, 0.25) is 5.91 Å². The first-order chi connectivity index (χ1) is 14.8. The van der Waals surface area contributed by atoms with E-state index in [9.17, 15) is 17.6 Å². The maximum absolute atomic E-state index is 13.2. The predicted molar refractivity (Wildman–Crippen MR) is 118 cm³/mol. The molecule has 6 nitrogen and oxygen atoms in total. The lowest BCUT2D eigenvalue weighted by Gasteiger charge is -2.18. The van der Waals surface area contributed by atoms with E-state index < -0.39 is 15.4 Å². The van der Waals surface area contributed by atoms with Gasteiger partial charge >= 0.3 is 0 Å². The number of nitrogens with zero attached hydrogens (tertiary/aromatic N) is 2. The smallest absolute Gasteiger partial charge is 0.284 e. The van der Waals surface area contributed by atoms with Gasteiger partial charge in [0.1, 0.15) is 11.7 Å². The molecule has 4 rings (SSSR count). The lowest BCUT2D eigenvalue weighted by molar-refractivity contribution is -0.118. The molecule has 164 valence electrons. The summed E-state index contributed by atoms with van der Waals surface area (Å²) in [6.45, 7) is 0.788. The number of carbonyl (C=O) groups is 1. The number of carbonyl (C=O) groups excluding carboxylic acids is 1. The van der Waals surface area contributed by atoms with Crippen molar-refractivity contribution in [1.82, 2.24) is 4.90 Å². The molecule has 2 fully saturated rings. The van der Waals surface area contributed by atoms with Gasteiger partial charge in [-0.2, -0.15) is 8.42 Å². The van der Waals surface area contributed by atoms with Gasteiger partial charge < -0.3 is 10.2 Å². The summed E-state index contributed by atoms with van der Waals surface area (Å²) in [7, 11) is -2.03. The number of anilines is 1. The van der Waals surface area contributed by atoms with Crippen molar-refractivity contribution in [3.05, 3.63) is 59.9 Å². The van der Waals surface area contributed by atoms with E-state index in [1.165, 1.54) is 24.3 Å². The van der Waals surface area contributed by atoms with Gasteiger partial charge in [-0.05, 0) is 61.6 Å². The number of amidine groups is 1. The van der Waals surface area contributed by atoms with Crippen LogP contribution in [0.2, 0.25) is 0 Å². The van der Waals surface area contributed by atoms with E-state index in [2.05, 4.69) is 9.71 Å². The Hall–Kier alpha value is -2.74. The summed E-state index contributed by atoms with van der Waals surface area (Å²) in [5, 5.41) is 2.84. The first kappa shape index (κ1) is 21.5. The third-order valence-corrected chi connectivity index (χ3v) is 7.33. The maximum Gasteiger partial charge on any atom is 0.284 e. The normalized spacial score (nSPS) is 19.7. The molecule has 1 saturated heterocycles. The van der Waals surface area contributed by atoms with Gasteiger partial charge in [0.05, 0.1) is 10.3 Å². The largest absolute Gasteiger partial charge is 0.362 e. The molecule has 31 heavy (non-hydrogen) atoms. The van der Waals surface area contributed by atoms with Gasteiger partial charge in [-0.3, -0.25) is 4.79 Å². The Balaban J connectivity index is 1.54. The molecular weight excluding hydrogens is 417 g/mol. The standard InChI is InChI=1S/C23H26FN3O3S/c1-27-15-4-2-3-8-21(27)26-31(29,30)20-7-5-6-19(16-20)25-22(28)23(13-14-23)17-9-11-18(24)12-10-17/h5-7,9-12,16H,2-4,8,13-15H2,1H3,(H,25,28)/b26-21+. The molecule has 0 radical (unpaired) electrons. The predicted octanol–water partition coefficient (Wildman–Crippen LogP) is 4.09. The quantitative estimate of drug-likeness (QED) is 0.755. The van der Waals surface area contributed by atoms with E-state index in [1.54, 1.807) is 24.3 Å². The van der Waals surface area contributed by atoms with E-state index in [0.717, 1.165) is 31.4 Å². The molecule has 0 unspecified atom stereocenters. The van der Waals surface area contributed by atoms with Crippen LogP contribution in [-0.2, 0) is 20.2 Å². The first-order valence-electron chi connectivity index (χ1n) is 10.5. The van der Waals surface area contributed by atoms with Crippen LogP contribution in [0.1, 0.15) is 44.1 Å². The summed E-state index contributed by atoms with van der Waals surface area (Å²) >= 11 is 0. The van der Waals surface area contributed by atoms with Gasteiger partial charge in [-0.25, -0.2) is 4.39 Å². The van der Waals surface area contributed by atoms with Crippen molar-refractivity contribution in [2.75, 3.05) is 18.9 Å². The highest BCUT2D eigenvalue weighted by molar-refractivity contribution is 7.90. The van der Waals surface area contributed by atoms with Crippen LogP contribution in [0.3, 0.4) is 0 Å². The Morgan fingerprint density at radius 3 is 2.55 bits per heavy atom. The molecule has 2 aromatic rings. The van der Waals surface area contributed by atoms with Crippen LogP contribution in [-0.4, -0.2) is 38.7 Å². The number of hydrogen-bond donors (Lipinski definition) is 1. The van der Waals surface area contributed by atoms with Crippen LogP contribution in [0.4, 0.5) is 10.1 Å². The van der Waals surface area contributed by atoms with E-state index in [-0.39, 0.29) is 16.6 Å². The lowest BCUT2D eigenvalue weighted by atomic mass is 9.95. The van der Waals surface area contributed by atoms with Crippen LogP contribution < -0.4 is 5.32 Å². The summed E-state index contributed by atoms with van der Waals surface area (Å²) in [5.41, 5.74) is 0.471. The van der Waals surface area contributed by atoms with Crippen molar-refractivity contribution in [3.63, 3.8) is 0 Å². The van der Waals surface area contributed by atoms with Crippen molar-refractivity contribution in [1.29, 1.82) is 0 Å². The van der Waals surface area contributed by atoms with E-state index >= 15 is 0 Å².